The molecule has 4 aromatic rings. The van der Waals surface area contributed by atoms with Gasteiger partial charge in [-0.25, -0.2) is 4.98 Å². The minimum atomic E-state index is 0.290. The van der Waals surface area contributed by atoms with Gasteiger partial charge in [0.2, 0.25) is 0 Å². The molecule has 1 aromatic carbocycles. The van der Waals surface area contributed by atoms with Gasteiger partial charge in [-0.3, -0.25) is 9.78 Å². The summed E-state index contributed by atoms with van der Waals surface area (Å²) in [5.41, 5.74) is 5.89. The molecule has 0 aliphatic carbocycles. The van der Waals surface area contributed by atoms with E-state index in [1.54, 1.807) is 18.4 Å². The van der Waals surface area contributed by atoms with Crippen LogP contribution in [0.25, 0.3) is 31.9 Å². The van der Waals surface area contributed by atoms with Gasteiger partial charge in [-0.2, -0.15) is 0 Å². The van der Waals surface area contributed by atoms with Crippen LogP contribution in [0, 0.1) is 0 Å². The Labute approximate surface area is 221 Å². The minimum absolute atomic E-state index is 0.290. The fraction of sp³-hybridized carbons (Fsp3) is 0.414. The Kier molecular flexibility index (Phi) is 7.91. The van der Waals surface area contributed by atoms with Crippen molar-refractivity contribution in [1.82, 2.24) is 15.3 Å². The van der Waals surface area contributed by atoms with Gasteiger partial charge in [0.15, 0.2) is 0 Å². The summed E-state index contributed by atoms with van der Waals surface area (Å²) in [7, 11) is 1.73. The van der Waals surface area contributed by atoms with Crippen LogP contribution in [0.5, 0.6) is 0 Å². The number of benzene rings is 1. The zero-order chi connectivity index (χ0) is 25.1. The molecule has 0 saturated heterocycles. The highest BCUT2D eigenvalue weighted by Gasteiger charge is 2.30. The fourth-order valence-corrected chi connectivity index (χ4v) is 7.59. The van der Waals surface area contributed by atoms with Crippen LogP contribution >= 0.6 is 22.7 Å². The third kappa shape index (κ3) is 5.44. The summed E-state index contributed by atoms with van der Waals surface area (Å²) >= 11 is 3.55. The van der Waals surface area contributed by atoms with Crippen molar-refractivity contribution in [2.45, 2.75) is 64.5 Å². The lowest BCUT2D eigenvalue weighted by atomic mass is 9.94. The predicted octanol–water partition coefficient (Wildman–Crippen LogP) is 7.00. The average Bonchev–Trinajstić information content (AvgIpc) is 3.44. The molecule has 1 aliphatic rings. The van der Waals surface area contributed by atoms with Gasteiger partial charge in [-0.15, -0.1) is 22.7 Å². The molecule has 7 heteroatoms. The van der Waals surface area contributed by atoms with Crippen LogP contribution in [0.3, 0.4) is 0 Å². The number of methoxy groups -OCH3 is 1. The summed E-state index contributed by atoms with van der Waals surface area (Å²) in [5, 5.41) is 4.72. The summed E-state index contributed by atoms with van der Waals surface area (Å²) < 4.78 is 6.31. The third-order valence-electron chi connectivity index (χ3n) is 6.83. The number of nitrogens with zero attached hydrogens (tertiary/aromatic N) is 2. The maximum atomic E-state index is 13.0. The molecule has 1 N–H and O–H groups in total. The van der Waals surface area contributed by atoms with Crippen LogP contribution < -0.4 is 5.32 Å². The Balaban J connectivity index is 1.47. The van der Waals surface area contributed by atoms with Crippen LogP contribution in [0.1, 0.15) is 60.9 Å². The zero-order valence-electron chi connectivity index (χ0n) is 21.2. The quantitative estimate of drug-likeness (QED) is 0.229. The van der Waals surface area contributed by atoms with E-state index in [1.807, 2.05) is 35.9 Å². The van der Waals surface area contributed by atoms with E-state index >= 15 is 0 Å². The zero-order valence-corrected chi connectivity index (χ0v) is 22.8. The second kappa shape index (κ2) is 11.3. The molecule has 5 rings (SSSR count). The van der Waals surface area contributed by atoms with E-state index in [0.717, 1.165) is 53.9 Å². The number of rotatable bonds is 10. The number of Topliss-reactive ketones (excluding diaryl/α,β-unsaturated/α-hetero) is 1. The van der Waals surface area contributed by atoms with E-state index in [0.29, 0.717) is 24.7 Å². The monoisotopic (exact) mass is 519 g/mol. The summed E-state index contributed by atoms with van der Waals surface area (Å²) in [6.07, 6.45) is 8.70. The molecule has 4 heterocycles. The maximum absolute atomic E-state index is 13.0. The van der Waals surface area contributed by atoms with Gasteiger partial charge >= 0.3 is 0 Å². The second-order valence-corrected chi connectivity index (χ2v) is 11.9. The molecular formula is C29H33N3O2S2. The van der Waals surface area contributed by atoms with Gasteiger partial charge in [0.1, 0.15) is 10.8 Å². The first-order valence-electron chi connectivity index (χ1n) is 12.8. The van der Waals surface area contributed by atoms with Gasteiger partial charge in [0, 0.05) is 66.4 Å². The molecule has 36 heavy (non-hydrogen) atoms. The first-order valence-corrected chi connectivity index (χ1v) is 14.4. The topological polar surface area (TPSA) is 64.1 Å². The second-order valence-electron chi connectivity index (χ2n) is 9.69. The lowest BCUT2D eigenvalue weighted by Crippen LogP contribution is -2.35. The third-order valence-corrected chi connectivity index (χ3v) is 9.29. The Bertz CT molecular complexity index is 1350. The Morgan fingerprint density at radius 1 is 1.08 bits per heavy atom. The van der Waals surface area contributed by atoms with Crippen molar-refractivity contribution in [3.05, 3.63) is 58.0 Å². The molecule has 0 saturated carbocycles. The fourth-order valence-electron chi connectivity index (χ4n) is 5.10. The number of thiophene rings is 1. The van der Waals surface area contributed by atoms with Crippen LogP contribution in [-0.4, -0.2) is 35.5 Å². The molecular weight excluding hydrogens is 486 g/mol. The molecule has 0 radical (unpaired) electrons. The van der Waals surface area contributed by atoms with Gasteiger partial charge in [-0.05, 0) is 74.1 Å². The minimum Gasteiger partial charge on any atom is -0.385 e. The van der Waals surface area contributed by atoms with Gasteiger partial charge < -0.3 is 10.1 Å². The number of pyridine rings is 1. The summed E-state index contributed by atoms with van der Waals surface area (Å²) in [4.78, 5) is 24.8. The number of ether oxygens (including phenoxy) is 1. The van der Waals surface area contributed by atoms with Crippen LogP contribution in [0.15, 0.2) is 42.7 Å². The largest absolute Gasteiger partial charge is 0.385 e. The van der Waals surface area contributed by atoms with E-state index in [-0.39, 0.29) is 6.04 Å². The van der Waals surface area contributed by atoms with Crippen molar-refractivity contribution in [1.29, 1.82) is 0 Å². The number of aromatic nitrogens is 2. The lowest BCUT2D eigenvalue weighted by Gasteiger charge is -2.26. The van der Waals surface area contributed by atoms with Gasteiger partial charge in [0.25, 0.3) is 0 Å². The number of nitrogens with one attached hydrogen (secondary N) is 1. The molecule has 3 aromatic heterocycles. The Morgan fingerprint density at radius 3 is 2.72 bits per heavy atom. The van der Waals surface area contributed by atoms with Crippen molar-refractivity contribution < 1.29 is 9.53 Å². The lowest BCUT2D eigenvalue weighted by molar-refractivity contribution is -0.118. The van der Waals surface area contributed by atoms with Gasteiger partial charge in [0.05, 0.1) is 10.2 Å². The molecule has 1 aliphatic heterocycles. The van der Waals surface area contributed by atoms with Crippen molar-refractivity contribution in [3.63, 3.8) is 0 Å². The number of fused-ring (bicyclic) bond motifs is 2. The molecule has 5 nitrogen and oxygen atoms in total. The van der Waals surface area contributed by atoms with Crippen molar-refractivity contribution in [2.24, 2.45) is 0 Å². The number of hydrogen-bond donors (Lipinski definition) is 1. The smallest absolute Gasteiger partial charge is 0.138 e. The molecule has 188 valence electrons. The van der Waals surface area contributed by atoms with Crippen LogP contribution in [0.2, 0.25) is 0 Å². The van der Waals surface area contributed by atoms with Gasteiger partial charge in [-0.1, -0.05) is 12.5 Å². The van der Waals surface area contributed by atoms with Crippen LogP contribution in [0.4, 0.5) is 0 Å². The average molecular weight is 520 g/mol. The number of thiazole rings is 1. The number of hydrogen-bond acceptors (Lipinski definition) is 7. The van der Waals surface area contributed by atoms with E-state index in [4.69, 9.17) is 9.72 Å². The summed E-state index contributed by atoms with van der Waals surface area (Å²) in [6.45, 7) is 5.24. The molecule has 0 fully saturated rings. The molecule has 2 atom stereocenters. The first-order chi connectivity index (χ1) is 17.5. The molecule has 0 spiro atoms. The Morgan fingerprint density at radius 2 is 1.92 bits per heavy atom. The van der Waals surface area contributed by atoms with Crippen molar-refractivity contribution >= 4 is 38.7 Å². The van der Waals surface area contributed by atoms with E-state index < -0.39 is 0 Å². The number of carbonyl (C=O) groups is 1. The normalized spacial score (nSPS) is 17.4. The molecule has 2 unspecified atom stereocenters. The number of ketones is 1. The van der Waals surface area contributed by atoms with E-state index in [1.165, 1.54) is 25.6 Å². The number of carbonyl (C=O) groups excluding carboxylic acids is 1. The SMILES string of the molecule is COCCCCCC(=O)Cc1sc2c(c1-c1nc3cc(-c4ccncc4)ccc3s1)CC(C)NC2C. The highest BCUT2D eigenvalue weighted by molar-refractivity contribution is 7.22. The standard InChI is InChI=1S/C29H33N3O2S2/c1-18-15-23-27(26(35-28(23)19(2)31-18)17-22(33)7-5-4-6-14-34-3)29-32-24-16-21(8-9-25(24)36-29)20-10-12-30-13-11-20/h8-13,16,18-19,31H,4-7,14-15,17H2,1-3H3. The van der Waals surface area contributed by atoms with E-state index in [2.05, 4.69) is 42.3 Å². The Hall–Kier alpha value is -2.45. The molecule has 0 amide bonds. The highest BCUT2D eigenvalue weighted by Crippen LogP contribution is 2.45. The predicted molar refractivity (Wildman–Crippen MR) is 150 cm³/mol. The summed E-state index contributed by atoms with van der Waals surface area (Å²) in [5.74, 6) is 0.321. The first kappa shape index (κ1) is 25.2. The highest BCUT2D eigenvalue weighted by atomic mass is 32.1. The molecule has 0 bridgehead atoms. The van der Waals surface area contributed by atoms with Crippen molar-refractivity contribution in [2.75, 3.05) is 13.7 Å². The van der Waals surface area contributed by atoms with Crippen molar-refractivity contribution in [3.8, 4) is 21.7 Å². The maximum Gasteiger partial charge on any atom is 0.138 e. The van der Waals surface area contributed by atoms with Crippen LogP contribution in [-0.2, 0) is 22.4 Å². The summed E-state index contributed by atoms with van der Waals surface area (Å²) in [6, 6.07) is 11.2. The van der Waals surface area contributed by atoms with E-state index in [9.17, 15) is 4.79 Å². The number of unbranched alkanes of at least 4 members (excludes halogenated alkanes) is 2.